The number of hydrogen-bond acceptors (Lipinski definition) is 5. The Morgan fingerprint density at radius 3 is 2.39 bits per heavy atom. The van der Waals surface area contributed by atoms with E-state index in [9.17, 15) is 18.0 Å². The Morgan fingerprint density at radius 2 is 1.94 bits per heavy atom. The van der Waals surface area contributed by atoms with Gasteiger partial charge in [-0.25, -0.2) is 17.5 Å². The van der Waals surface area contributed by atoms with E-state index in [4.69, 9.17) is 9.84 Å². The zero-order valence-corrected chi connectivity index (χ0v) is 11.4. The number of hydrogen-bond donors (Lipinski definition) is 1. The van der Waals surface area contributed by atoms with Crippen LogP contribution in [0.3, 0.4) is 0 Å². The second kappa shape index (κ2) is 4.75. The third-order valence-corrected chi connectivity index (χ3v) is 4.12. The zero-order valence-electron chi connectivity index (χ0n) is 10.5. The van der Waals surface area contributed by atoms with E-state index in [1.54, 1.807) is 20.8 Å². The van der Waals surface area contributed by atoms with Crippen LogP contribution in [0, 0.1) is 0 Å². The molecule has 104 valence electrons. The average molecular weight is 279 g/mol. The first kappa shape index (κ1) is 14.7. The second-order valence-electron chi connectivity index (χ2n) is 5.13. The molecule has 1 atom stereocenters. The summed E-state index contributed by atoms with van der Waals surface area (Å²) in [6, 6.07) is -0.859. The Labute approximate surface area is 106 Å². The van der Waals surface area contributed by atoms with Crippen molar-refractivity contribution in [1.82, 2.24) is 4.31 Å². The SMILES string of the molecule is CC(C)(C)OC(=O)N1C(CC(=O)O)CCS1(=O)=O. The van der Waals surface area contributed by atoms with E-state index in [0.29, 0.717) is 4.31 Å². The number of nitrogens with zero attached hydrogens (tertiary/aromatic N) is 1. The van der Waals surface area contributed by atoms with Crippen molar-refractivity contribution in [3.63, 3.8) is 0 Å². The lowest BCUT2D eigenvalue weighted by Crippen LogP contribution is -2.43. The molecular formula is C10H17NO6S. The smallest absolute Gasteiger partial charge is 0.424 e. The standard InChI is InChI=1S/C10H17NO6S/c1-10(2,3)17-9(14)11-7(6-8(12)13)4-5-18(11,15)16/h7H,4-6H2,1-3H3,(H,12,13). The molecule has 1 aliphatic heterocycles. The van der Waals surface area contributed by atoms with Crippen LogP contribution in [-0.2, 0) is 19.6 Å². The molecule has 7 nitrogen and oxygen atoms in total. The van der Waals surface area contributed by atoms with E-state index < -0.39 is 40.1 Å². The Kier molecular flexibility index (Phi) is 3.89. The van der Waals surface area contributed by atoms with Crippen molar-refractivity contribution < 1.29 is 27.9 Å². The maximum atomic E-state index is 11.8. The monoisotopic (exact) mass is 279 g/mol. The molecule has 18 heavy (non-hydrogen) atoms. The van der Waals surface area contributed by atoms with Gasteiger partial charge in [-0.05, 0) is 27.2 Å². The molecule has 0 bridgehead atoms. The van der Waals surface area contributed by atoms with Crippen LogP contribution in [0.1, 0.15) is 33.6 Å². The predicted octanol–water partition coefficient (Wildman–Crippen LogP) is 0.800. The van der Waals surface area contributed by atoms with Crippen LogP contribution < -0.4 is 0 Å². The summed E-state index contributed by atoms with van der Waals surface area (Å²) in [4.78, 5) is 22.4. The minimum absolute atomic E-state index is 0.119. The molecule has 0 aromatic carbocycles. The molecule has 1 heterocycles. The molecule has 1 fully saturated rings. The predicted molar refractivity (Wildman–Crippen MR) is 62.5 cm³/mol. The van der Waals surface area contributed by atoms with Gasteiger partial charge in [-0.15, -0.1) is 0 Å². The van der Waals surface area contributed by atoms with Gasteiger partial charge in [0.2, 0.25) is 10.0 Å². The Morgan fingerprint density at radius 1 is 1.39 bits per heavy atom. The van der Waals surface area contributed by atoms with Gasteiger partial charge in [0.05, 0.1) is 18.2 Å². The fraction of sp³-hybridized carbons (Fsp3) is 0.800. The number of rotatable bonds is 2. The van der Waals surface area contributed by atoms with Crippen molar-refractivity contribution >= 4 is 22.1 Å². The summed E-state index contributed by atoms with van der Waals surface area (Å²) >= 11 is 0. The van der Waals surface area contributed by atoms with E-state index in [0.717, 1.165) is 0 Å². The van der Waals surface area contributed by atoms with Crippen molar-refractivity contribution in [2.45, 2.75) is 45.3 Å². The first-order valence-corrected chi connectivity index (χ1v) is 7.11. The molecule has 0 aliphatic carbocycles. The summed E-state index contributed by atoms with van der Waals surface area (Å²) in [6.45, 7) is 4.83. The summed E-state index contributed by atoms with van der Waals surface area (Å²) in [5, 5.41) is 8.70. The van der Waals surface area contributed by atoms with Crippen LogP contribution in [0.15, 0.2) is 0 Å². The third kappa shape index (κ3) is 3.59. The topological polar surface area (TPSA) is 101 Å². The summed E-state index contributed by atoms with van der Waals surface area (Å²) in [5.74, 6) is -1.38. The molecule has 8 heteroatoms. The highest BCUT2D eigenvalue weighted by molar-refractivity contribution is 7.89. The number of carbonyl (C=O) groups excluding carboxylic acids is 1. The maximum Gasteiger partial charge on any atom is 0.424 e. The van der Waals surface area contributed by atoms with Crippen molar-refractivity contribution in [1.29, 1.82) is 0 Å². The van der Waals surface area contributed by atoms with Gasteiger partial charge in [0, 0.05) is 0 Å². The molecule has 1 rings (SSSR count). The van der Waals surface area contributed by atoms with Gasteiger partial charge < -0.3 is 9.84 Å². The molecule has 1 amide bonds. The Balaban J connectivity index is 2.92. The van der Waals surface area contributed by atoms with Crippen LogP contribution in [-0.4, -0.2) is 47.3 Å². The zero-order chi connectivity index (χ0) is 14.1. The lowest BCUT2D eigenvalue weighted by Gasteiger charge is -2.26. The van der Waals surface area contributed by atoms with E-state index >= 15 is 0 Å². The van der Waals surface area contributed by atoms with Gasteiger partial charge in [0.25, 0.3) is 0 Å². The molecule has 1 aliphatic rings. The minimum Gasteiger partial charge on any atom is -0.481 e. The van der Waals surface area contributed by atoms with E-state index in [1.165, 1.54) is 0 Å². The molecule has 0 saturated carbocycles. The first-order valence-electron chi connectivity index (χ1n) is 5.50. The molecule has 0 aromatic rings. The number of aliphatic carboxylic acids is 1. The van der Waals surface area contributed by atoms with Gasteiger partial charge in [0.1, 0.15) is 5.60 Å². The number of amides is 1. The summed E-state index contributed by atoms with van der Waals surface area (Å²) in [5.41, 5.74) is -0.830. The lowest BCUT2D eigenvalue weighted by atomic mass is 10.1. The van der Waals surface area contributed by atoms with Gasteiger partial charge in [-0.3, -0.25) is 4.79 Å². The highest BCUT2D eigenvalue weighted by atomic mass is 32.2. The fourth-order valence-corrected chi connectivity index (χ4v) is 3.35. The number of sulfonamides is 1. The van der Waals surface area contributed by atoms with Gasteiger partial charge in [0.15, 0.2) is 0 Å². The van der Waals surface area contributed by atoms with Crippen LogP contribution in [0.5, 0.6) is 0 Å². The third-order valence-electron chi connectivity index (χ3n) is 2.32. The molecule has 0 radical (unpaired) electrons. The largest absolute Gasteiger partial charge is 0.481 e. The molecule has 1 N–H and O–H groups in total. The summed E-state index contributed by atoms with van der Waals surface area (Å²) in [6.07, 6.45) is -1.29. The van der Waals surface area contributed by atoms with Gasteiger partial charge in [-0.2, -0.15) is 0 Å². The van der Waals surface area contributed by atoms with E-state index in [1.807, 2.05) is 0 Å². The molecular weight excluding hydrogens is 262 g/mol. The minimum atomic E-state index is -3.76. The van der Waals surface area contributed by atoms with Crippen molar-refractivity contribution in [3.8, 4) is 0 Å². The molecule has 0 aromatic heterocycles. The van der Waals surface area contributed by atoms with Gasteiger partial charge in [-0.1, -0.05) is 0 Å². The van der Waals surface area contributed by atoms with Crippen LogP contribution in [0.25, 0.3) is 0 Å². The lowest BCUT2D eigenvalue weighted by molar-refractivity contribution is -0.137. The number of carboxylic acid groups (broad SMARTS) is 1. The van der Waals surface area contributed by atoms with E-state index in [-0.39, 0.29) is 12.2 Å². The number of ether oxygens (including phenoxy) is 1. The summed E-state index contributed by atoms with van der Waals surface area (Å²) < 4.78 is 29.0. The van der Waals surface area contributed by atoms with Crippen LogP contribution in [0.4, 0.5) is 4.79 Å². The molecule has 0 spiro atoms. The Bertz CT molecular complexity index is 449. The van der Waals surface area contributed by atoms with E-state index in [2.05, 4.69) is 0 Å². The van der Waals surface area contributed by atoms with Crippen molar-refractivity contribution in [3.05, 3.63) is 0 Å². The van der Waals surface area contributed by atoms with Crippen molar-refractivity contribution in [2.24, 2.45) is 0 Å². The highest BCUT2D eigenvalue weighted by Gasteiger charge is 2.43. The van der Waals surface area contributed by atoms with Crippen LogP contribution in [0.2, 0.25) is 0 Å². The van der Waals surface area contributed by atoms with Gasteiger partial charge >= 0.3 is 12.1 Å². The molecule has 1 unspecified atom stereocenters. The average Bonchev–Trinajstić information content (AvgIpc) is 2.36. The molecule has 1 saturated heterocycles. The Hall–Kier alpha value is -1.31. The highest BCUT2D eigenvalue weighted by Crippen LogP contribution is 2.26. The quantitative estimate of drug-likeness (QED) is 0.802. The fourth-order valence-electron chi connectivity index (χ4n) is 1.68. The maximum absolute atomic E-state index is 11.8. The summed E-state index contributed by atoms with van der Waals surface area (Å²) in [7, 11) is -3.76. The first-order chi connectivity index (χ1) is 8.03. The second-order valence-corrected chi connectivity index (χ2v) is 7.10. The number of carboxylic acids is 1. The van der Waals surface area contributed by atoms with Crippen LogP contribution >= 0.6 is 0 Å². The van der Waals surface area contributed by atoms with Crippen molar-refractivity contribution in [2.75, 3.05) is 5.75 Å². The number of carbonyl (C=O) groups is 2. The normalized spacial score (nSPS) is 22.8.